The van der Waals surface area contributed by atoms with Gasteiger partial charge in [0.05, 0.1) is 5.54 Å². The Kier molecular flexibility index (Phi) is 5.02. The topological polar surface area (TPSA) is 40.6 Å². The first-order chi connectivity index (χ1) is 11.2. The summed E-state index contributed by atoms with van der Waals surface area (Å²) in [5.74, 6) is -1.24. The highest BCUT2D eigenvalue weighted by Gasteiger charge is 2.34. The highest BCUT2D eigenvalue weighted by Crippen LogP contribution is 2.21. The molecule has 0 radical (unpaired) electrons. The molecule has 0 aliphatic rings. The predicted octanol–water partition coefficient (Wildman–Crippen LogP) is 3.75. The van der Waals surface area contributed by atoms with E-state index < -0.39 is 17.3 Å². The Morgan fingerprint density at radius 2 is 1.46 bits per heavy atom. The molecule has 0 atom stereocenters. The van der Waals surface area contributed by atoms with Crippen molar-refractivity contribution >= 4 is 11.8 Å². The second kappa shape index (κ2) is 6.83. The SMILES string of the molecule is CN(C(=O)c1ccccc1)N(C(=O)c1cccc(F)c1)C(C)(C)C. The molecule has 0 saturated carbocycles. The fourth-order valence-electron chi connectivity index (χ4n) is 2.49. The van der Waals surface area contributed by atoms with Crippen LogP contribution < -0.4 is 0 Å². The first-order valence-electron chi connectivity index (χ1n) is 7.65. The van der Waals surface area contributed by atoms with E-state index in [1.54, 1.807) is 24.3 Å². The van der Waals surface area contributed by atoms with Gasteiger partial charge in [0, 0.05) is 18.2 Å². The molecule has 5 heteroatoms. The Morgan fingerprint density at radius 3 is 2.00 bits per heavy atom. The van der Waals surface area contributed by atoms with Crippen LogP contribution in [0.4, 0.5) is 4.39 Å². The molecule has 2 rings (SSSR count). The molecule has 2 aromatic rings. The van der Waals surface area contributed by atoms with Crippen LogP contribution in [0.3, 0.4) is 0 Å². The number of amides is 2. The molecule has 0 saturated heterocycles. The highest BCUT2D eigenvalue weighted by molar-refractivity contribution is 5.99. The number of carbonyl (C=O) groups excluding carboxylic acids is 2. The van der Waals surface area contributed by atoms with E-state index >= 15 is 0 Å². The van der Waals surface area contributed by atoms with Gasteiger partial charge in [0.15, 0.2) is 0 Å². The molecule has 0 aliphatic heterocycles. The average molecular weight is 328 g/mol. The van der Waals surface area contributed by atoms with Crippen molar-refractivity contribution in [3.8, 4) is 0 Å². The number of rotatable bonds is 2. The maximum atomic E-state index is 13.5. The molecule has 4 nitrogen and oxygen atoms in total. The summed E-state index contributed by atoms with van der Waals surface area (Å²) in [6.07, 6.45) is 0. The van der Waals surface area contributed by atoms with Gasteiger partial charge in [-0.1, -0.05) is 24.3 Å². The van der Waals surface area contributed by atoms with Gasteiger partial charge in [-0.2, -0.15) is 0 Å². The Balaban J connectivity index is 2.39. The third kappa shape index (κ3) is 3.79. The van der Waals surface area contributed by atoms with E-state index in [9.17, 15) is 14.0 Å². The van der Waals surface area contributed by atoms with Crippen molar-refractivity contribution in [2.75, 3.05) is 7.05 Å². The van der Waals surface area contributed by atoms with Crippen LogP contribution in [0.5, 0.6) is 0 Å². The number of nitrogens with zero attached hydrogens (tertiary/aromatic N) is 2. The molecule has 0 fully saturated rings. The van der Waals surface area contributed by atoms with Gasteiger partial charge in [0.25, 0.3) is 11.8 Å². The molecule has 2 aromatic carbocycles. The molecule has 126 valence electrons. The first kappa shape index (κ1) is 17.7. The zero-order valence-electron chi connectivity index (χ0n) is 14.3. The largest absolute Gasteiger partial charge is 0.273 e. The van der Waals surface area contributed by atoms with Crippen LogP contribution in [0.15, 0.2) is 54.6 Å². The van der Waals surface area contributed by atoms with Gasteiger partial charge in [-0.3, -0.25) is 9.59 Å². The van der Waals surface area contributed by atoms with E-state index in [0.29, 0.717) is 5.56 Å². The van der Waals surface area contributed by atoms with Gasteiger partial charge in [-0.25, -0.2) is 14.4 Å². The zero-order chi connectivity index (χ0) is 17.9. The lowest BCUT2D eigenvalue weighted by atomic mass is 10.1. The summed E-state index contributed by atoms with van der Waals surface area (Å²) < 4.78 is 13.5. The molecule has 0 spiro atoms. The summed E-state index contributed by atoms with van der Waals surface area (Å²) in [4.78, 5) is 25.6. The van der Waals surface area contributed by atoms with Crippen molar-refractivity contribution < 1.29 is 14.0 Å². The predicted molar refractivity (Wildman–Crippen MR) is 90.9 cm³/mol. The highest BCUT2D eigenvalue weighted by atomic mass is 19.1. The number of hydrogen-bond donors (Lipinski definition) is 0. The number of benzene rings is 2. The van der Waals surface area contributed by atoms with Gasteiger partial charge < -0.3 is 0 Å². The van der Waals surface area contributed by atoms with Crippen LogP contribution in [0.2, 0.25) is 0 Å². The smallest absolute Gasteiger partial charge is 0.267 e. The van der Waals surface area contributed by atoms with Crippen LogP contribution in [-0.2, 0) is 0 Å². The van der Waals surface area contributed by atoms with Crippen molar-refractivity contribution in [1.29, 1.82) is 0 Å². The van der Waals surface area contributed by atoms with E-state index in [2.05, 4.69) is 0 Å². The van der Waals surface area contributed by atoms with E-state index in [1.165, 1.54) is 41.3 Å². The van der Waals surface area contributed by atoms with Gasteiger partial charge >= 0.3 is 0 Å². The number of halogens is 1. The first-order valence-corrected chi connectivity index (χ1v) is 7.65. The summed E-state index contributed by atoms with van der Waals surface area (Å²) >= 11 is 0. The normalized spacial score (nSPS) is 11.0. The molecule has 0 unspecified atom stereocenters. The van der Waals surface area contributed by atoms with Gasteiger partial charge in [0.1, 0.15) is 5.82 Å². The van der Waals surface area contributed by atoms with E-state index in [-0.39, 0.29) is 11.5 Å². The summed E-state index contributed by atoms with van der Waals surface area (Å²) in [5, 5.41) is 2.62. The Bertz CT molecular complexity index is 739. The molecule has 0 heterocycles. The second-order valence-electron chi connectivity index (χ2n) is 6.49. The number of carbonyl (C=O) groups is 2. The molecule has 2 amide bonds. The van der Waals surface area contributed by atoms with Gasteiger partial charge in [-0.05, 0) is 51.1 Å². The monoisotopic (exact) mass is 328 g/mol. The summed E-state index contributed by atoms with van der Waals surface area (Å²) in [6.45, 7) is 5.46. The molecule has 0 bridgehead atoms. The maximum absolute atomic E-state index is 13.5. The zero-order valence-corrected chi connectivity index (χ0v) is 14.3. The lowest BCUT2D eigenvalue weighted by Gasteiger charge is -2.41. The summed E-state index contributed by atoms with van der Waals surface area (Å²) in [5.41, 5.74) is 0.00158. The van der Waals surface area contributed by atoms with Crippen LogP contribution in [-0.4, -0.2) is 34.4 Å². The molecular weight excluding hydrogens is 307 g/mol. The number of hydrogen-bond acceptors (Lipinski definition) is 2. The van der Waals surface area contributed by atoms with E-state index in [0.717, 1.165) is 0 Å². The van der Waals surface area contributed by atoms with Crippen LogP contribution in [0.1, 0.15) is 41.5 Å². The fraction of sp³-hybridized carbons (Fsp3) is 0.263. The van der Waals surface area contributed by atoms with Crippen LogP contribution >= 0.6 is 0 Å². The van der Waals surface area contributed by atoms with Gasteiger partial charge in [0.2, 0.25) is 0 Å². The minimum absolute atomic E-state index is 0.192. The molecule has 0 aromatic heterocycles. The maximum Gasteiger partial charge on any atom is 0.273 e. The third-order valence-electron chi connectivity index (χ3n) is 3.51. The molecule has 24 heavy (non-hydrogen) atoms. The quantitative estimate of drug-likeness (QED) is 0.788. The van der Waals surface area contributed by atoms with Crippen molar-refractivity contribution in [1.82, 2.24) is 10.0 Å². The second-order valence-corrected chi connectivity index (χ2v) is 6.49. The molecule has 0 aliphatic carbocycles. The minimum atomic E-state index is -0.664. The van der Waals surface area contributed by atoms with E-state index in [4.69, 9.17) is 0 Å². The molecular formula is C19H21FN2O2. The number of hydrazine groups is 1. The van der Waals surface area contributed by atoms with Crippen LogP contribution in [0, 0.1) is 5.82 Å². The summed E-state index contributed by atoms with van der Waals surface area (Å²) in [6, 6.07) is 14.2. The van der Waals surface area contributed by atoms with Crippen molar-refractivity contribution in [2.24, 2.45) is 0 Å². The van der Waals surface area contributed by atoms with Crippen molar-refractivity contribution in [3.63, 3.8) is 0 Å². The third-order valence-corrected chi connectivity index (χ3v) is 3.51. The fourth-order valence-corrected chi connectivity index (χ4v) is 2.49. The minimum Gasteiger partial charge on any atom is -0.267 e. The molecule has 0 N–H and O–H groups in total. The van der Waals surface area contributed by atoms with E-state index in [1.807, 2.05) is 26.8 Å². The lowest BCUT2D eigenvalue weighted by molar-refractivity contribution is -0.0308. The Morgan fingerprint density at radius 1 is 0.875 bits per heavy atom. The average Bonchev–Trinajstić information content (AvgIpc) is 2.53. The standard InChI is InChI=1S/C19H21FN2O2/c1-19(2,3)22(18(24)15-11-8-12-16(20)13-15)21(4)17(23)14-9-6-5-7-10-14/h5-13H,1-4H3. The van der Waals surface area contributed by atoms with Crippen molar-refractivity contribution in [2.45, 2.75) is 26.3 Å². The summed E-state index contributed by atoms with van der Waals surface area (Å²) in [7, 11) is 1.54. The van der Waals surface area contributed by atoms with Crippen LogP contribution in [0.25, 0.3) is 0 Å². The van der Waals surface area contributed by atoms with Gasteiger partial charge in [-0.15, -0.1) is 0 Å². The Hall–Kier alpha value is -2.69. The van der Waals surface area contributed by atoms with Crippen molar-refractivity contribution in [3.05, 3.63) is 71.5 Å². The lowest BCUT2D eigenvalue weighted by Crippen LogP contribution is -2.56. The Labute approximate surface area is 141 Å².